The number of nitrogens with two attached hydrogens (primary N) is 1. The Morgan fingerprint density at radius 1 is 1.29 bits per heavy atom. The van der Waals surface area contributed by atoms with E-state index in [1.807, 2.05) is 6.92 Å². The van der Waals surface area contributed by atoms with Gasteiger partial charge in [-0.3, -0.25) is 4.98 Å². The van der Waals surface area contributed by atoms with Gasteiger partial charge in [-0.2, -0.15) is 0 Å². The largest absolute Gasteiger partial charge is 0.323 e. The van der Waals surface area contributed by atoms with Crippen LogP contribution >= 0.6 is 0 Å². The van der Waals surface area contributed by atoms with Gasteiger partial charge in [0, 0.05) is 11.4 Å². The van der Waals surface area contributed by atoms with E-state index >= 15 is 0 Å². The Hall–Kier alpha value is -1.48. The fourth-order valence-electron chi connectivity index (χ4n) is 1.39. The second kappa shape index (κ2) is 3.35. The van der Waals surface area contributed by atoms with Crippen LogP contribution in [0.25, 0.3) is 10.9 Å². The van der Waals surface area contributed by atoms with Crippen LogP contribution in [0.1, 0.15) is 18.7 Å². The monoisotopic (exact) mass is 190 g/mol. The van der Waals surface area contributed by atoms with E-state index in [0.29, 0.717) is 10.9 Å². The molecule has 1 aromatic heterocycles. The van der Waals surface area contributed by atoms with Gasteiger partial charge in [0.25, 0.3) is 0 Å². The average Bonchev–Trinajstić information content (AvgIpc) is 2.17. The molecule has 0 fully saturated rings. The molecule has 3 heteroatoms. The summed E-state index contributed by atoms with van der Waals surface area (Å²) in [6.07, 6.45) is 0. The minimum absolute atomic E-state index is 0.123. The molecule has 0 aliphatic carbocycles. The molecule has 1 unspecified atom stereocenters. The molecule has 72 valence electrons. The summed E-state index contributed by atoms with van der Waals surface area (Å²) in [5.41, 5.74) is 7.12. The van der Waals surface area contributed by atoms with Gasteiger partial charge in [-0.05, 0) is 31.2 Å². The van der Waals surface area contributed by atoms with Crippen molar-refractivity contribution >= 4 is 10.9 Å². The number of halogens is 1. The van der Waals surface area contributed by atoms with E-state index in [2.05, 4.69) is 4.98 Å². The summed E-state index contributed by atoms with van der Waals surface area (Å²) in [6, 6.07) is 8.21. The topological polar surface area (TPSA) is 38.9 Å². The molecule has 1 aromatic carbocycles. The third-order valence-electron chi connectivity index (χ3n) is 2.17. The minimum Gasteiger partial charge on any atom is -0.323 e. The third kappa shape index (κ3) is 1.46. The molecule has 14 heavy (non-hydrogen) atoms. The number of rotatable bonds is 1. The van der Waals surface area contributed by atoms with Crippen LogP contribution in [0.15, 0.2) is 30.3 Å². The van der Waals surface area contributed by atoms with E-state index in [1.165, 1.54) is 6.07 Å². The summed E-state index contributed by atoms with van der Waals surface area (Å²) in [5, 5.41) is 0.539. The van der Waals surface area contributed by atoms with Gasteiger partial charge in [-0.15, -0.1) is 0 Å². The van der Waals surface area contributed by atoms with E-state index in [0.717, 1.165) is 5.69 Å². The predicted octanol–water partition coefficient (Wildman–Crippen LogP) is 2.39. The fourth-order valence-corrected chi connectivity index (χ4v) is 1.39. The van der Waals surface area contributed by atoms with Crippen molar-refractivity contribution in [3.05, 3.63) is 41.8 Å². The molecule has 0 saturated heterocycles. The Morgan fingerprint density at radius 2 is 2.07 bits per heavy atom. The molecular weight excluding hydrogens is 179 g/mol. The van der Waals surface area contributed by atoms with Crippen LogP contribution in [-0.4, -0.2) is 4.98 Å². The van der Waals surface area contributed by atoms with Crippen molar-refractivity contribution in [3.63, 3.8) is 0 Å². The number of nitrogens with zero attached hydrogens (tertiary/aromatic N) is 1. The van der Waals surface area contributed by atoms with Gasteiger partial charge >= 0.3 is 0 Å². The Morgan fingerprint density at radius 3 is 2.79 bits per heavy atom. The lowest BCUT2D eigenvalue weighted by atomic mass is 10.1. The van der Waals surface area contributed by atoms with Gasteiger partial charge in [0.15, 0.2) is 0 Å². The van der Waals surface area contributed by atoms with Crippen molar-refractivity contribution in [3.8, 4) is 0 Å². The maximum absolute atomic E-state index is 13.2. The number of hydrogen-bond donors (Lipinski definition) is 1. The highest BCUT2D eigenvalue weighted by Gasteiger charge is 2.04. The lowest BCUT2D eigenvalue weighted by Gasteiger charge is -2.05. The third-order valence-corrected chi connectivity index (χ3v) is 2.17. The molecule has 1 heterocycles. The molecule has 0 spiro atoms. The summed E-state index contributed by atoms with van der Waals surface area (Å²) in [4.78, 5) is 4.27. The second-order valence-corrected chi connectivity index (χ2v) is 3.33. The summed E-state index contributed by atoms with van der Waals surface area (Å²) in [5.74, 6) is -0.244. The number of pyridine rings is 1. The Bertz CT molecular complexity index is 466. The minimum atomic E-state index is -0.244. The van der Waals surface area contributed by atoms with Gasteiger partial charge in [-0.1, -0.05) is 6.07 Å². The Kier molecular flexibility index (Phi) is 2.17. The van der Waals surface area contributed by atoms with Crippen molar-refractivity contribution in [1.29, 1.82) is 0 Å². The SMILES string of the molecule is CC(N)c1ccc2c(F)cccc2n1. The Balaban J connectivity index is 2.67. The van der Waals surface area contributed by atoms with E-state index < -0.39 is 0 Å². The van der Waals surface area contributed by atoms with Crippen LogP contribution in [0, 0.1) is 5.82 Å². The van der Waals surface area contributed by atoms with Crippen LogP contribution in [-0.2, 0) is 0 Å². The Labute approximate surface area is 81.6 Å². The zero-order valence-electron chi connectivity index (χ0n) is 7.87. The first-order valence-electron chi connectivity index (χ1n) is 4.49. The average molecular weight is 190 g/mol. The van der Waals surface area contributed by atoms with Crippen molar-refractivity contribution in [2.24, 2.45) is 5.73 Å². The summed E-state index contributed by atoms with van der Waals surface area (Å²) in [7, 11) is 0. The predicted molar refractivity (Wildman–Crippen MR) is 54.3 cm³/mol. The summed E-state index contributed by atoms with van der Waals surface area (Å²) >= 11 is 0. The fraction of sp³-hybridized carbons (Fsp3) is 0.182. The second-order valence-electron chi connectivity index (χ2n) is 3.33. The van der Waals surface area contributed by atoms with Crippen LogP contribution in [0.2, 0.25) is 0 Å². The lowest BCUT2D eigenvalue weighted by molar-refractivity contribution is 0.639. The molecule has 2 nitrogen and oxygen atoms in total. The lowest BCUT2D eigenvalue weighted by Crippen LogP contribution is -2.07. The van der Waals surface area contributed by atoms with Gasteiger partial charge in [-0.25, -0.2) is 4.39 Å². The quantitative estimate of drug-likeness (QED) is 0.749. The zero-order valence-corrected chi connectivity index (χ0v) is 7.87. The first-order valence-corrected chi connectivity index (χ1v) is 4.49. The molecule has 2 N–H and O–H groups in total. The van der Waals surface area contributed by atoms with Crippen molar-refractivity contribution < 1.29 is 4.39 Å². The van der Waals surface area contributed by atoms with E-state index in [4.69, 9.17) is 5.73 Å². The molecule has 2 rings (SSSR count). The molecule has 0 amide bonds. The summed E-state index contributed by atoms with van der Waals surface area (Å²) in [6.45, 7) is 1.85. The van der Waals surface area contributed by atoms with Crippen LogP contribution < -0.4 is 5.73 Å². The molecule has 0 radical (unpaired) electrons. The number of hydrogen-bond acceptors (Lipinski definition) is 2. The first-order chi connectivity index (χ1) is 6.68. The zero-order chi connectivity index (χ0) is 10.1. The molecule has 0 aliphatic rings. The van der Waals surface area contributed by atoms with Gasteiger partial charge in [0.2, 0.25) is 0 Å². The number of aromatic nitrogens is 1. The van der Waals surface area contributed by atoms with E-state index in [-0.39, 0.29) is 11.9 Å². The smallest absolute Gasteiger partial charge is 0.132 e. The van der Waals surface area contributed by atoms with Crippen LogP contribution in [0.3, 0.4) is 0 Å². The molecule has 0 bridgehead atoms. The van der Waals surface area contributed by atoms with Gasteiger partial charge < -0.3 is 5.73 Å². The highest BCUT2D eigenvalue weighted by Crippen LogP contribution is 2.17. The highest BCUT2D eigenvalue weighted by molar-refractivity contribution is 5.79. The van der Waals surface area contributed by atoms with Crippen LogP contribution in [0.5, 0.6) is 0 Å². The van der Waals surface area contributed by atoms with Crippen molar-refractivity contribution in [1.82, 2.24) is 4.98 Å². The van der Waals surface area contributed by atoms with E-state index in [1.54, 1.807) is 24.3 Å². The first kappa shape index (κ1) is 9.09. The van der Waals surface area contributed by atoms with Gasteiger partial charge in [0.1, 0.15) is 5.82 Å². The molecular formula is C11H11FN2. The highest BCUT2D eigenvalue weighted by atomic mass is 19.1. The molecule has 0 saturated carbocycles. The van der Waals surface area contributed by atoms with Crippen molar-refractivity contribution in [2.45, 2.75) is 13.0 Å². The van der Waals surface area contributed by atoms with Gasteiger partial charge in [0.05, 0.1) is 11.2 Å². The molecule has 0 aliphatic heterocycles. The maximum Gasteiger partial charge on any atom is 0.132 e. The standard InChI is InChI=1S/C11H11FN2/c1-7(13)10-6-5-8-9(12)3-2-4-11(8)14-10/h2-7H,13H2,1H3. The normalized spacial score (nSPS) is 13.1. The van der Waals surface area contributed by atoms with E-state index in [9.17, 15) is 4.39 Å². The van der Waals surface area contributed by atoms with Crippen LogP contribution in [0.4, 0.5) is 4.39 Å². The summed E-state index contributed by atoms with van der Waals surface area (Å²) < 4.78 is 13.2. The number of fused-ring (bicyclic) bond motifs is 1. The van der Waals surface area contributed by atoms with Crippen molar-refractivity contribution in [2.75, 3.05) is 0 Å². The molecule has 1 atom stereocenters. The molecule has 2 aromatic rings. The number of benzene rings is 1. The maximum atomic E-state index is 13.2.